The van der Waals surface area contributed by atoms with Crippen molar-refractivity contribution in [3.63, 3.8) is 0 Å². The Morgan fingerprint density at radius 1 is 1.33 bits per heavy atom. The van der Waals surface area contributed by atoms with E-state index in [1.54, 1.807) is 6.92 Å². The number of hydrogen-bond donors (Lipinski definition) is 1. The van der Waals surface area contributed by atoms with Crippen LogP contribution in [0.4, 0.5) is 0 Å². The Morgan fingerprint density at radius 3 is 2.33 bits per heavy atom. The van der Waals surface area contributed by atoms with Crippen molar-refractivity contribution in [1.29, 1.82) is 0 Å². The molecule has 0 aliphatic heterocycles. The quantitative estimate of drug-likeness (QED) is 0.504. The van der Waals surface area contributed by atoms with Crippen molar-refractivity contribution in [2.45, 2.75) is 46.0 Å². The Labute approximate surface area is 97.0 Å². The van der Waals surface area contributed by atoms with Crippen LogP contribution in [0.1, 0.15) is 46.0 Å². The van der Waals surface area contributed by atoms with Crippen LogP contribution in [-0.4, -0.2) is 40.6 Å². The molecule has 0 rings (SSSR count). The molecule has 1 unspecified atom stereocenters. The van der Waals surface area contributed by atoms with Crippen LogP contribution >= 0.6 is 0 Å². The van der Waals surface area contributed by atoms with Gasteiger partial charge in [-0.3, -0.25) is 4.79 Å². The molecule has 0 spiro atoms. The molecule has 0 fully saturated rings. The number of rotatable bonds is 6. The van der Waals surface area contributed by atoms with E-state index in [4.69, 9.17) is 5.11 Å². The van der Waals surface area contributed by atoms with Crippen molar-refractivity contribution in [3.05, 3.63) is 0 Å². The fourth-order valence-corrected chi connectivity index (χ4v) is 1.00. The van der Waals surface area contributed by atoms with Crippen molar-refractivity contribution in [3.8, 4) is 0 Å². The van der Waals surface area contributed by atoms with Gasteiger partial charge in [-0.1, -0.05) is 39.5 Å². The summed E-state index contributed by atoms with van der Waals surface area (Å²) in [5.74, 6) is -0.826. The molecule has 0 aliphatic carbocycles. The smallest absolute Gasteiger partial charge is 0.306 e. The van der Waals surface area contributed by atoms with Gasteiger partial charge >= 0.3 is 5.97 Å². The van der Waals surface area contributed by atoms with Gasteiger partial charge in [0.1, 0.15) is 0 Å². The monoisotopic (exact) mass is 181 g/mol. The molecular weight excluding hydrogens is 163 g/mol. The molecule has 0 heterocycles. The van der Waals surface area contributed by atoms with E-state index in [-0.39, 0.29) is 35.5 Å². The Hall–Kier alpha value is 0.470. The van der Waals surface area contributed by atoms with Gasteiger partial charge in [-0.15, -0.1) is 0 Å². The Bertz CT molecular complexity index is 115. The van der Waals surface area contributed by atoms with Gasteiger partial charge in [0, 0.05) is 29.6 Å². The molecule has 0 saturated carbocycles. The summed E-state index contributed by atoms with van der Waals surface area (Å²) in [6.45, 7) is 3.93. The van der Waals surface area contributed by atoms with Crippen LogP contribution < -0.4 is 0 Å². The molecule has 0 bridgehead atoms. The van der Waals surface area contributed by atoms with Crippen molar-refractivity contribution < 1.29 is 9.90 Å². The van der Waals surface area contributed by atoms with E-state index < -0.39 is 5.97 Å². The SMILES string of the molecule is CCCCCCC(C)C(=O)O.[Na]. The number of unbranched alkanes of at least 4 members (excludes halogenated alkanes) is 3. The molecule has 0 saturated heterocycles. The Kier molecular flexibility index (Phi) is 11.9. The molecule has 0 aromatic heterocycles. The molecule has 1 radical (unpaired) electrons. The van der Waals surface area contributed by atoms with Crippen LogP contribution in [0.2, 0.25) is 0 Å². The van der Waals surface area contributed by atoms with Crippen LogP contribution in [0.5, 0.6) is 0 Å². The minimum Gasteiger partial charge on any atom is -0.481 e. The maximum atomic E-state index is 10.4. The molecule has 1 N–H and O–H groups in total. The fourth-order valence-electron chi connectivity index (χ4n) is 1.00. The Balaban J connectivity index is 0. The molecule has 1 atom stereocenters. The molecule has 0 aromatic rings. The molecule has 2 nitrogen and oxygen atoms in total. The Morgan fingerprint density at radius 2 is 1.92 bits per heavy atom. The summed E-state index contributed by atoms with van der Waals surface area (Å²) in [6, 6.07) is 0. The normalized spacial score (nSPS) is 11.8. The number of carboxylic acid groups (broad SMARTS) is 1. The van der Waals surface area contributed by atoms with Gasteiger partial charge in [-0.2, -0.15) is 0 Å². The van der Waals surface area contributed by atoms with Crippen LogP contribution in [0.15, 0.2) is 0 Å². The topological polar surface area (TPSA) is 37.3 Å². The van der Waals surface area contributed by atoms with E-state index in [9.17, 15) is 4.79 Å². The summed E-state index contributed by atoms with van der Waals surface area (Å²) in [5, 5.41) is 8.54. The third-order valence-electron chi connectivity index (χ3n) is 1.91. The van der Waals surface area contributed by atoms with Crippen LogP contribution in [-0.2, 0) is 4.79 Å². The second kappa shape index (κ2) is 9.56. The summed E-state index contributed by atoms with van der Waals surface area (Å²) in [6.07, 6.45) is 5.50. The van der Waals surface area contributed by atoms with Gasteiger partial charge in [-0.05, 0) is 6.42 Å². The van der Waals surface area contributed by atoms with Crippen LogP contribution in [0.25, 0.3) is 0 Å². The van der Waals surface area contributed by atoms with Gasteiger partial charge < -0.3 is 5.11 Å². The maximum Gasteiger partial charge on any atom is 0.306 e. The summed E-state index contributed by atoms with van der Waals surface area (Å²) < 4.78 is 0. The van der Waals surface area contributed by atoms with Crippen molar-refractivity contribution >= 4 is 35.5 Å². The van der Waals surface area contributed by atoms with E-state index in [1.165, 1.54) is 19.3 Å². The predicted octanol–water partition coefficient (Wildman–Crippen LogP) is 2.30. The molecule has 0 aliphatic rings. The first-order chi connectivity index (χ1) is 5.18. The first-order valence-corrected chi connectivity index (χ1v) is 4.41. The van der Waals surface area contributed by atoms with Crippen molar-refractivity contribution in [2.75, 3.05) is 0 Å². The van der Waals surface area contributed by atoms with E-state index in [0.717, 1.165) is 12.8 Å². The third-order valence-corrected chi connectivity index (χ3v) is 1.91. The predicted molar refractivity (Wildman–Crippen MR) is 51.3 cm³/mol. The first-order valence-electron chi connectivity index (χ1n) is 4.41. The second-order valence-electron chi connectivity index (χ2n) is 3.09. The van der Waals surface area contributed by atoms with Crippen LogP contribution in [0, 0.1) is 5.92 Å². The number of aliphatic carboxylic acids is 1. The van der Waals surface area contributed by atoms with E-state index >= 15 is 0 Å². The van der Waals surface area contributed by atoms with Crippen molar-refractivity contribution in [2.24, 2.45) is 5.92 Å². The molecule has 12 heavy (non-hydrogen) atoms. The zero-order valence-electron chi connectivity index (χ0n) is 8.47. The number of carboxylic acids is 1. The fraction of sp³-hybridized carbons (Fsp3) is 0.889. The zero-order chi connectivity index (χ0) is 8.69. The summed E-state index contributed by atoms with van der Waals surface area (Å²) >= 11 is 0. The minimum absolute atomic E-state index is 0. The maximum absolute atomic E-state index is 10.4. The van der Waals surface area contributed by atoms with Gasteiger partial charge in [0.15, 0.2) is 0 Å². The minimum atomic E-state index is -0.665. The summed E-state index contributed by atoms with van der Waals surface area (Å²) in [5.41, 5.74) is 0. The van der Waals surface area contributed by atoms with E-state index in [2.05, 4.69) is 6.92 Å². The third kappa shape index (κ3) is 8.57. The molecule has 67 valence electrons. The summed E-state index contributed by atoms with van der Waals surface area (Å²) in [7, 11) is 0. The zero-order valence-corrected chi connectivity index (χ0v) is 10.5. The molecule has 3 heteroatoms. The van der Waals surface area contributed by atoms with Gasteiger partial charge in [-0.25, -0.2) is 0 Å². The first kappa shape index (κ1) is 15.0. The average Bonchev–Trinajstić information content (AvgIpc) is 1.97. The molecule has 0 amide bonds. The standard InChI is InChI=1S/C9H18O2.Na/c1-3-4-5-6-7-8(2)9(10)11;/h8H,3-7H2,1-2H3,(H,10,11);. The van der Waals surface area contributed by atoms with Crippen molar-refractivity contribution in [1.82, 2.24) is 0 Å². The van der Waals surface area contributed by atoms with Gasteiger partial charge in [0.25, 0.3) is 0 Å². The van der Waals surface area contributed by atoms with E-state index in [1.807, 2.05) is 0 Å². The second-order valence-corrected chi connectivity index (χ2v) is 3.09. The van der Waals surface area contributed by atoms with Crippen LogP contribution in [0.3, 0.4) is 0 Å². The van der Waals surface area contributed by atoms with Gasteiger partial charge in [0.05, 0.1) is 5.92 Å². The largest absolute Gasteiger partial charge is 0.481 e. The average molecular weight is 181 g/mol. The summed E-state index contributed by atoms with van der Waals surface area (Å²) in [4.78, 5) is 10.4. The molecule has 0 aromatic carbocycles. The number of hydrogen-bond acceptors (Lipinski definition) is 1. The van der Waals surface area contributed by atoms with E-state index in [0.29, 0.717) is 0 Å². The van der Waals surface area contributed by atoms with Gasteiger partial charge in [0.2, 0.25) is 0 Å². The number of carbonyl (C=O) groups is 1. The molecular formula is C9H18NaO2.